The molecular formula is C15H25NO2. The summed E-state index contributed by atoms with van der Waals surface area (Å²) in [6.45, 7) is 7.89. The Morgan fingerprint density at radius 2 is 1.78 bits per heavy atom. The fourth-order valence-electron chi connectivity index (χ4n) is 1.84. The minimum atomic E-state index is 0.519. The second-order valence-electron chi connectivity index (χ2n) is 4.77. The number of benzene rings is 1. The van der Waals surface area contributed by atoms with Crippen LogP contribution < -0.4 is 10.1 Å². The van der Waals surface area contributed by atoms with Crippen molar-refractivity contribution >= 4 is 5.69 Å². The smallest absolute Gasteiger partial charge is 0.119 e. The molecule has 3 heteroatoms. The van der Waals surface area contributed by atoms with Gasteiger partial charge in [-0.1, -0.05) is 20.8 Å². The number of hydrogen-bond acceptors (Lipinski definition) is 3. The quantitative estimate of drug-likeness (QED) is 0.717. The first-order valence-electron chi connectivity index (χ1n) is 6.65. The van der Waals surface area contributed by atoms with Gasteiger partial charge in [-0.2, -0.15) is 0 Å². The van der Waals surface area contributed by atoms with E-state index in [9.17, 15) is 0 Å². The summed E-state index contributed by atoms with van der Waals surface area (Å²) in [6.07, 6.45) is 1.13. The molecule has 0 spiro atoms. The summed E-state index contributed by atoms with van der Waals surface area (Å²) < 4.78 is 10.5. The van der Waals surface area contributed by atoms with Gasteiger partial charge in [-0.25, -0.2) is 0 Å². The highest BCUT2D eigenvalue weighted by atomic mass is 16.5. The maximum atomic E-state index is 5.53. The predicted molar refractivity (Wildman–Crippen MR) is 76.4 cm³/mol. The number of ether oxygens (including phenoxy) is 2. The van der Waals surface area contributed by atoms with Crippen molar-refractivity contribution in [3.8, 4) is 5.75 Å². The van der Waals surface area contributed by atoms with Crippen LogP contribution in [-0.4, -0.2) is 26.4 Å². The molecule has 0 aromatic heterocycles. The van der Waals surface area contributed by atoms with Crippen molar-refractivity contribution in [1.29, 1.82) is 0 Å². The molecule has 0 bridgehead atoms. The summed E-state index contributed by atoms with van der Waals surface area (Å²) in [7, 11) is 1.67. The molecule has 0 heterocycles. The Morgan fingerprint density at radius 1 is 1.11 bits per heavy atom. The molecule has 0 aliphatic carbocycles. The Kier molecular flexibility index (Phi) is 6.58. The lowest BCUT2D eigenvalue weighted by Gasteiger charge is -2.22. The lowest BCUT2D eigenvalue weighted by molar-refractivity contribution is 0.146. The van der Waals surface area contributed by atoms with Gasteiger partial charge in [-0.05, 0) is 36.6 Å². The van der Waals surface area contributed by atoms with Gasteiger partial charge >= 0.3 is 0 Å². The number of anilines is 1. The van der Waals surface area contributed by atoms with Gasteiger partial charge in [0.05, 0.1) is 6.61 Å². The van der Waals surface area contributed by atoms with E-state index in [1.165, 1.54) is 0 Å². The van der Waals surface area contributed by atoms with Crippen molar-refractivity contribution in [3.05, 3.63) is 24.3 Å². The molecule has 1 atom stereocenters. The van der Waals surface area contributed by atoms with Gasteiger partial charge in [-0.15, -0.1) is 0 Å². The minimum absolute atomic E-state index is 0.519. The van der Waals surface area contributed by atoms with E-state index in [1.54, 1.807) is 7.11 Å². The fourth-order valence-corrected chi connectivity index (χ4v) is 1.84. The third-order valence-electron chi connectivity index (χ3n) is 3.01. The van der Waals surface area contributed by atoms with Crippen LogP contribution in [0.1, 0.15) is 27.2 Å². The van der Waals surface area contributed by atoms with Crippen LogP contribution in [0.5, 0.6) is 5.75 Å². The van der Waals surface area contributed by atoms with Crippen LogP contribution in [0.4, 0.5) is 5.69 Å². The molecule has 1 rings (SSSR count). The molecular weight excluding hydrogens is 226 g/mol. The molecule has 0 saturated carbocycles. The van der Waals surface area contributed by atoms with Crippen LogP contribution in [0.2, 0.25) is 0 Å². The molecule has 102 valence electrons. The van der Waals surface area contributed by atoms with Crippen molar-refractivity contribution in [2.24, 2.45) is 5.92 Å². The Hall–Kier alpha value is -1.22. The van der Waals surface area contributed by atoms with Crippen LogP contribution in [0, 0.1) is 5.92 Å². The maximum absolute atomic E-state index is 5.53. The molecule has 1 aromatic rings. The Balaban J connectivity index is 2.49. The highest BCUT2D eigenvalue weighted by Crippen LogP contribution is 2.19. The maximum Gasteiger partial charge on any atom is 0.119 e. The molecule has 1 aromatic carbocycles. The van der Waals surface area contributed by atoms with Gasteiger partial charge in [0.2, 0.25) is 0 Å². The van der Waals surface area contributed by atoms with Gasteiger partial charge in [0.1, 0.15) is 12.4 Å². The average Bonchev–Trinajstić information content (AvgIpc) is 2.37. The fraction of sp³-hybridized carbons (Fsp3) is 0.600. The molecule has 0 amide bonds. The van der Waals surface area contributed by atoms with Crippen molar-refractivity contribution in [2.45, 2.75) is 33.2 Å². The van der Waals surface area contributed by atoms with Gasteiger partial charge < -0.3 is 14.8 Å². The second kappa shape index (κ2) is 7.98. The number of hydrogen-bond donors (Lipinski definition) is 1. The number of rotatable bonds is 8. The van der Waals surface area contributed by atoms with E-state index in [0.717, 1.165) is 17.9 Å². The molecule has 1 N–H and O–H groups in total. The number of methoxy groups -OCH3 is 1. The highest BCUT2D eigenvalue weighted by Gasteiger charge is 2.10. The van der Waals surface area contributed by atoms with Gasteiger partial charge in [0, 0.05) is 18.8 Å². The first-order valence-corrected chi connectivity index (χ1v) is 6.65. The predicted octanol–water partition coefficient (Wildman–Crippen LogP) is 3.56. The van der Waals surface area contributed by atoms with Crippen LogP contribution in [0.25, 0.3) is 0 Å². The third kappa shape index (κ3) is 4.96. The van der Waals surface area contributed by atoms with E-state index in [2.05, 4.69) is 38.2 Å². The third-order valence-corrected chi connectivity index (χ3v) is 3.01. The van der Waals surface area contributed by atoms with Gasteiger partial charge in [0.25, 0.3) is 0 Å². The Morgan fingerprint density at radius 3 is 2.28 bits per heavy atom. The monoisotopic (exact) mass is 251 g/mol. The second-order valence-corrected chi connectivity index (χ2v) is 4.77. The standard InChI is InChI=1S/C15H25NO2/c1-5-15(12(2)3)16-13-6-8-14(9-7-13)18-11-10-17-4/h6-9,12,15-16H,5,10-11H2,1-4H3. The van der Waals surface area contributed by atoms with Crippen molar-refractivity contribution in [3.63, 3.8) is 0 Å². The molecule has 0 aliphatic rings. The van der Waals surface area contributed by atoms with Crippen molar-refractivity contribution < 1.29 is 9.47 Å². The van der Waals surface area contributed by atoms with E-state index in [1.807, 2.05) is 12.1 Å². The van der Waals surface area contributed by atoms with E-state index >= 15 is 0 Å². The summed E-state index contributed by atoms with van der Waals surface area (Å²) in [5.74, 6) is 1.52. The lowest BCUT2D eigenvalue weighted by Crippen LogP contribution is -2.24. The SMILES string of the molecule is CCC(Nc1ccc(OCCOC)cc1)C(C)C. The van der Waals surface area contributed by atoms with Crippen LogP contribution >= 0.6 is 0 Å². The minimum Gasteiger partial charge on any atom is -0.491 e. The molecule has 18 heavy (non-hydrogen) atoms. The van der Waals surface area contributed by atoms with Crippen molar-refractivity contribution in [2.75, 3.05) is 25.6 Å². The topological polar surface area (TPSA) is 30.5 Å². The summed E-state index contributed by atoms with van der Waals surface area (Å²) in [5.41, 5.74) is 1.15. The Bertz CT molecular complexity index is 322. The molecule has 0 saturated heterocycles. The van der Waals surface area contributed by atoms with Crippen LogP contribution in [0.15, 0.2) is 24.3 Å². The largest absolute Gasteiger partial charge is 0.491 e. The van der Waals surface area contributed by atoms with Crippen molar-refractivity contribution in [1.82, 2.24) is 0 Å². The van der Waals surface area contributed by atoms with E-state index in [4.69, 9.17) is 9.47 Å². The molecule has 0 fully saturated rings. The summed E-state index contributed by atoms with van der Waals surface area (Å²) in [4.78, 5) is 0. The molecule has 0 aliphatic heterocycles. The Labute approximate surface area is 110 Å². The zero-order chi connectivity index (χ0) is 13.4. The molecule has 3 nitrogen and oxygen atoms in total. The number of nitrogens with one attached hydrogen (secondary N) is 1. The highest BCUT2D eigenvalue weighted by molar-refractivity contribution is 5.47. The lowest BCUT2D eigenvalue weighted by atomic mass is 10.0. The molecule has 0 radical (unpaired) electrons. The zero-order valence-electron chi connectivity index (χ0n) is 11.9. The first-order chi connectivity index (χ1) is 8.67. The summed E-state index contributed by atoms with van der Waals surface area (Å²) in [5, 5.41) is 3.54. The first kappa shape index (κ1) is 14.8. The van der Waals surface area contributed by atoms with Gasteiger partial charge in [-0.3, -0.25) is 0 Å². The summed E-state index contributed by atoms with van der Waals surface area (Å²) >= 11 is 0. The normalized spacial score (nSPS) is 12.5. The van der Waals surface area contributed by atoms with Crippen LogP contribution in [0.3, 0.4) is 0 Å². The average molecular weight is 251 g/mol. The van der Waals surface area contributed by atoms with Gasteiger partial charge in [0.15, 0.2) is 0 Å². The van der Waals surface area contributed by atoms with E-state index in [-0.39, 0.29) is 0 Å². The molecule has 1 unspecified atom stereocenters. The zero-order valence-corrected chi connectivity index (χ0v) is 11.9. The van der Waals surface area contributed by atoms with E-state index in [0.29, 0.717) is 25.2 Å². The summed E-state index contributed by atoms with van der Waals surface area (Å²) in [6, 6.07) is 8.63. The van der Waals surface area contributed by atoms with E-state index < -0.39 is 0 Å². The van der Waals surface area contributed by atoms with Crippen LogP contribution in [-0.2, 0) is 4.74 Å².